The molecule has 0 amide bonds. The number of nitrogens with zero attached hydrogens (tertiary/aromatic N) is 1. The Balaban J connectivity index is 1.92. The third-order valence-corrected chi connectivity index (χ3v) is 2.73. The van der Waals surface area contributed by atoms with E-state index < -0.39 is 0 Å². The minimum Gasteiger partial charge on any atom is -0.397 e. The first-order valence-corrected chi connectivity index (χ1v) is 5.36. The number of hydrogen-bond donors (Lipinski definition) is 2. The largest absolute Gasteiger partial charge is 0.397 e. The first-order valence-electron chi connectivity index (χ1n) is 4.98. The Morgan fingerprint density at radius 1 is 1.67 bits per heavy atom. The Morgan fingerprint density at radius 2 is 2.53 bits per heavy atom. The lowest BCUT2D eigenvalue weighted by Crippen LogP contribution is -2.15. The van der Waals surface area contributed by atoms with Crippen LogP contribution in [0.25, 0.3) is 0 Å². The number of anilines is 2. The number of hydrogen-bond acceptors (Lipinski definition) is 4. The van der Waals surface area contributed by atoms with E-state index in [9.17, 15) is 0 Å². The highest BCUT2D eigenvalue weighted by Crippen LogP contribution is 2.22. The summed E-state index contributed by atoms with van der Waals surface area (Å²) in [5.74, 6) is 1.25. The van der Waals surface area contributed by atoms with E-state index in [1.165, 1.54) is 0 Å². The Bertz CT molecular complexity index is 339. The summed E-state index contributed by atoms with van der Waals surface area (Å²) in [6.45, 7) is 2.52. The minimum absolute atomic E-state index is 0.556. The number of ether oxygens (including phenoxy) is 1. The molecular weight excluding hydrogens is 214 g/mol. The molecule has 1 aromatic heterocycles. The summed E-state index contributed by atoms with van der Waals surface area (Å²) in [4.78, 5) is 4.13. The molecule has 1 aliphatic heterocycles. The van der Waals surface area contributed by atoms with Crippen LogP contribution in [0, 0.1) is 5.92 Å². The lowest BCUT2D eigenvalue weighted by molar-refractivity contribution is 0.187. The van der Waals surface area contributed by atoms with Crippen molar-refractivity contribution < 1.29 is 4.74 Å². The number of pyridine rings is 1. The summed E-state index contributed by atoms with van der Waals surface area (Å²) in [6.07, 6.45) is 2.69. The monoisotopic (exact) mass is 227 g/mol. The third-order valence-electron chi connectivity index (χ3n) is 2.44. The van der Waals surface area contributed by atoms with Gasteiger partial charge < -0.3 is 15.8 Å². The molecule has 0 spiro atoms. The summed E-state index contributed by atoms with van der Waals surface area (Å²) in [6, 6.07) is 1.70. The number of nitrogens with one attached hydrogen (secondary N) is 1. The summed E-state index contributed by atoms with van der Waals surface area (Å²) in [5.41, 5.74) is 6.13. The Morgan fingerprint density at radius 3 is 3.20 bits per heavy atom. The predicted octanol–water partition coefficient (Wildman–Crippen LogP) is 1.77. The second-order valence-electron chi connectivity index (χ2n) is 3.71. The second kappa shape index (κ2) is 4.68. The zero-order valence-electron chi connectivity index (χ0n) is 8.37. The van der Waals surface area contributed by atoms with E-state index in [4.69, 9.17) is 22.1 Å². The van der Waals surface area contributed by atoms with E-state index in [0.717, 1.165) is 26.2 Å². The van der Waals surface area contributed by atoms with Crippen LogP contribution < -0.4 is 11.1 Å². The second-order valence-corrected chi connectivity index (χ2v) is 4.12. The average Bonchev–Trinajstić information content (AvgIpc) is 2.69. The van der Waals surface area contributed by atoms with E-state index in [0.29, 0.717) is 22.4 Å². The van der Waals surface area contributed by atoms with Gasteiger partial charge in [0.05, 0.1) is 23.5 Å². The standard InChI is InChI=1S/C10H14ClN3O/c11-9-3-8(12)5-14-10(9)13-4-7-1-2-15-6-7/h3,5,7H,1-2,4,6,12H2,(H,13,14). The fourth-order valence-electron chi connectivity index (χ4n) is 1.57. The minimum atomic E-state index is 0.556. The van der Waals surface area contributed by atoms with Crippen molar-refractivity contribution in [2.24, 2.45) is 5.92 Å². The molecule has 0 radical (unpaired) electrons. The SMILES string of the molecule is Nc1cnc(NCC2CCOC2)c(Cl)c1. The van der Waals surface area contributed by atoms with Gasteiger partial charge in [-0.3, -0.25) is 0 Å². The van der Waals surface area contributed by atoms with Gasteiger partial charge in [-0.05, 0) is 12.5 Å². The molecule has 2 rings (SSSR count). The van der Waals surface area contributed by atoms with Crippen molar-refractivity contribution in [2.45, 2.75) is 6.42 Å². The van der Waals surface area contributed by atoms with Crippen LogP contribution in [0.5, 0.6) is 0 Å². The molecule has 0 bridgehead atoms. The molecular formula is C10H14ClN3O. The van der Waals surface area contributed by atoms with E-state index >= 15 is 0 Å². The van der Waals surface area contributed by atoms with Crippen LogP contribution in [0.4, 0.5) is 11.5 Å². The average molecular weight is 228 g/mol. The molecule has 1 atom stereocenters. The van der Waals surface area contributed by atoms with Crippen LogP contribution in [0.3, 0.4) is 0 Å². The number of nitrogen functional groups attached to an aromatic ring is 1. The van der Waals surface area contributed by atoms with Gasteiger partial charge in [-0.15, -0.1) is 0 Å². The van der Waals surface area contributed by atoms with Gasteiger partial charge in [0.1, 0.15) is 5.82 Å². The Hall–Kier alpha value is -1.00. The molecule has 1 aromatic rings. The zero-order chi connectivity index (χ0) is 10.7. The Kier molecular flexibility index (Phi) is 3.28. The van der Waals surface area contributed by atoms with E-state index in [-0.39, 0.29) is 0 Å². The smallest absolute Gasteiger partial charge is 0.144 e. The molecule has 1 fully saturated rings. The molecule has 15 heavy (non-hydrogen) atoms. The lowest BCUT2D eigenvalue weighted by atomic mass is 10.1. The topological polar surface area (TPSA) is 60.2 Å². The first-order chi connectivity index (χ1) is 7.25. The quantitative estimate of drug-likeness (QED) is 0.826. The molecule has 0 aromatic carbocycles. The van der Waals surface area contributed by atoms with Crippen molar-refractivity contribution in [1.29, 1.82) is 0 Å². The molecule has 1 unspecified atom stereocenters. The van der Waals surface area contributed by atoms with Crippen LogP contribution in [-0.2, 0) is 4.74 Å². The van der Waals surface area contributed by atoms with Crippen molar-refractivity contribution in [3.8, 4) is 0 Å². The van der Waals surface area contributed by atoms with E-state index in [1.807, 2.05) is 0 Å². The van der Waals surface area contributed by atoms with Crippen LogP contribution in [0.2, 0.25) is 5.02 Å². The zero-order valence-corrected chi connectivity index (χ0v) is 9.13. The molecule has 0 aliphatic carbocycles. The maximum Gasteiger partial charge on any atom is 0.144 e. The molecule has 82 valence electrons. The van der Waals surface area contributed by atoms with Gasteiger partial charge in [0.15, 0.2) is 0 Å². The molecule has 0 saturated carbocycles. The van der Waals surface area contributed by atoms with Gasteiger partial charge in [-0.1, -0.05) is 11.6 Å². The normalized spacial score (nSPS) is 20.5. The first kappa shape index (κ1) is 10.5. The molecule has 5 heteroatoms. The fourth-order valence-corrected chi connectivity index (χ4v) is 1.81. The fraction of sp³-hybridized carbons (Fsp3) is 0.500. The Labute approximate surface area is 93.8 Å². The van der Waals surface area contributed by atoms with Crippen molar-refractivity contribution in [1.82, 2.24) is 4.98 Å². The van der Waals surface area contributed by atoms with Crippen molar-refractivity contribution in [2.75, 3.05) is 30.8 Å². The summed E-state index contributed by atoms with van der Waals surface area (Å²) >= 11 is 5.98. The van der Waals surface area contributed by atoms with Gasteiger partial charge in [-0.2, -0.15) is 0 Å². The molecule has 1 aliphatic rings. The number of halogens is 1. The van der Waals surface area contributed by atoms with Crippen LogP contribution in [-0.4, -0.2) is 24.7 Å². The maximum absolute atomic E-state index is 5.98. The summed E-state index contributed by atoms with van der Waals surface area (Å²) in [7, 11) is 0. The van der Waals surface area contributed by atoms with Gasteiger partial charge in [-0.25, -0.2) is 4.98 Å². The molecule has 3 N–H and O–H groups in total. The molecule has 4 nitrogen and oxygen atoms in total. The third kappa shape index (κ3) is 2.73. The lowest BCUT2D eigenvalue weighted by Gasteiger charge is -2.11. The molecule has 1 saturated heterocycles. The van der Waals surface area contributed by atoms with Crippen molar-refractivity contribution >= 4 is 23.1 Å². The van der Waals surface area contributed by atoms with E-state index in [2.05, 4.69) is 10.3 Å². The van der Waals surface area contributed by atoms with Crippen LogP contribution in [0.1, 0.15) is 6.42 Å². The van der Waals surface area contributed by atoms with Gasteiger partial charge in [0.2, 0.25) is 0 Å². The summed E-state index contributed by atoms with van der Waals surface area (Å²) in [5, 5.41) is 3.77. The van der Waals surface area contributed by atoms with Crippen LogP contribution >= 0.6 is 11.6 Å². The number of aromatic nitrogens is 1. The maximum atomic E-state index is 5.98. The predicted molar refractivity (Wildman–Crippen MR) is 61.1 cm³/mol. The molecule has 2 heterocycles. The summed E-state index contributed by atoms with van der Waals surface area (Å²) < 4.78 is 5.28. The van der Waals surface area contributed by atoms with Crippen molar-refractivity contribution in [3.63, 3.8) is 0 Å². The van der Waals surface area contributed by atoms with Crippen LogP contribution in [0.15, 0.2) is 12.3 Å². The van der Waals surface area contributed by atoms with Gasteiger partial charge >= 0.3 is 0 Å². The van der Waals surface area contributed by atoms with Gasteiger partial charge in [0.25, 0.3) is 0 Å². The van der Waals surface area contributed by atoms with Gasteiger partial charge in [0, 0.05) is 19.1 Å². The number of nitrogens with two attached hydrogens (primary N) is 1. The highest BCUT2D eigenvalue weighted by atomic mass is 35.5. The highest BCUT2D eigenvalue weighted by Gasteiger charge is 2.15. The number of rotatable bonds is 3. The van der Waals surface area contributed by atoms with Crippen molar-refractivity contribution in [3.05, 3.63) is 17.3 Å². The highest BCUT2D eigenvalue weighted by molar-refractivity contribution is 6.33. The van der Waals surface area contributed by atoms with E-state index in [1.54, 1.807) is 12.3 Å².